The van der Waals surface area contributed by atoms with Gasteiger partial charge in [-0.1, -0.05) is 23.7 Å². The molecule has 23 heavy (non-hydrogen) atoms. The minimum Gasteiger partial charge on any atom is -0.338 e. The average Bonchev–Trinajstić information content (AvgIpc) is 2.53. The van der Waals surface area contributed by atoms with Gasteiger partial charge in [0.2, 0.25) is 5.95 Å². The predicted molar refractivity (Wildman–Crippen MR) is 84.2 cm³/mol. The smallest absolute Gasteiger partial charge is 0.249 e. The summed E-state index contributed by atoms with van der Waals surface area (Å²) in [6.45, 7) is 0. The van der Waals surface area contributed by atoms with E-state index in [4.69, 9.17) is 11.6 Å². The van der Waals surface area contributed by atoms with E-state index < -0.39 is 11.6 Å². The van der Waals surface area contributed by atoms with E-state index in [2.05, 4.69) is 25.8 Å². The zero-order chi connectivity index (χ0) is 16.2. The Bertz CT molecular complexity index is 844. The molecule has 0 saturated heterocycles. The van der Waals surface area contributed by atoms with E-state index in [1.165, 1.54) is 12.3 Å². The van der Waals surface area contributed by atoms with Crippen LogP contribution in [0, 0.1) is 11.6 Å². The van der Waals surface area contributed by atoms with Crippen molar-refractivity contribution in [3.63, 3.8) is 0 Å². The van der Waals surface area contributed by atoms with Gasteiger partial charge in [-0.25, -0.2) is 8.78 Å². The van der Waals surface area contributed by atoms with Gasteiger partial charge in [0.05, 0.1) is 22.6 Å². The van der Waals surface area contributed by atoms with Crippen molar-refractivity contribution in [3.8, 4) is 0 Å². The third kappa shape index (κ3) is 3.70. The highest BCUT2D eigenvalue weighted by Crippen LogP contribution is 2.24. The van der Waals surface area contributed by atoms with E-state index in [9.17, 15) is 8.78 Å². The first-order valence-electron chi connectivity index (χ1n) is 6.55. The fourth-order valence-corrected chi connectivity index (χ4v) is 2.01. The van der Waals surface area contributed by atoms with Crippen LogP contribution in [0.5, 0.6) is 0 Å². The van der Waals surface area contributed by atoms with Crippen molar-refractivity contribution in [2.24, 2.45) is 0 Å². The van der Waals surface area contributed by atoms with Gasteiger partial charge in [-0.2, -0.15) is 10.1 Å². The summed E-state index contributed by atoms with van der Waals surface area (Å²) >= 11 is 6.05. The van der Waals surface area contributed by atoms with Crippen LogP contribution in [0.4, 0.5) is 31.9 Å². The molecule has 1 heterocycles. The summed E-state index contributed by atoms with van der Waals surface area (Å²) in [6.07, 6.45) is 1.40. The number of hydrogen-bond acceptors (Lipinski definition) is 5. The number of para-hydroxylation sites is 1. The van der Waals surface area contributed by atoms with Crippen molar-refractivity contribution >= 4 is 34.7 Å². The van der Waals surface area contributed by atoms with E-state index in [-0.39, 0.29) is 11.6 Å². The van der Waals surface area contributed by atoms with Gasteiger partial charge in [0.1, 0.15) is 11.6 Å². The maximum Gasteiger partial charge on any atom is 0.249 e. The monoisotopic (exact) mass is 333 g/mol. The number of anilines is 4. The topological polar surface area (TPSA) is 62.7 Å². The van der Waals surface area contributed by atoms with Crippen LogP contribution in [0.15, 0.2) is 48.7 Å². The summed E-state index contributed by atoms with van der Waals surface area (Å²) in [4.78, 5) is 4.15. The Morgan fingerprint density at radius 1 is 0.957 bits per heavy atom. The lowest BCUT2D eigenvalue weighted by Gasteiger charge is -2.09. The second kappa shape index (κ2) is 6.53. The standard InChI is InChI=1S/C15H10ClF2N5/c16-10-3-1-2-4-12(10)20-14-8-19-23-15(22-14)21-13-6-5-9(17)7-11(13)18/h1-8H,(H2,20,21,22,23). The molecule has 1 aromatic heterocycles. The van der Waals surface area contributed by atoms with Crippen LogP contribution in [-0.4, -0.2) is 15.2 Å². The SMILES string of the molecule is Fc1ccc(Nc2nncc(Nc3ccccc3Cl)n2)c(F)c1. The van der Waals surface area contributed by atoms with Crippen LogP contribution in [0.2, 0.25) is 5.02 Å². The van der Waals surface area contributed by atoms with Crippen LogP contribution >= 0.6 is 11.6 Å². The lowest BCUT2D eigenvalue weighted by molar-refractivity contribution is 0.586. The van der Waals surface area contributed by atoms with Gasteiger partial charge in [-0.15, -0.1) is 5.10 Å². The maximum atomic E-state index is 13.6. The first kappa shape index (κ1) is 15.1. The normalized spacial score (nSPS) is 10.4. The Kier molecular flexibility index (Phi) is 4.29. The summed E-state index contributed by atoms with van der Waals surface area (Å²) in [7, 11) is 0. The van der Waals surface area contributed by atoms with E-state index in [1.807, 2.05) is 6.07 Å². The van der Waals surface area contributed by atoms with Gasteiger partial charge in [0.15, 0.2) is 5.82 Å². The summed E-state index contributed by atoms with van der Waals surface area (Å²) in [5.74, 6) is -0.982. The first-order valence-corrected chi connectivity index (χ1v) is 6.93. The largest absolute Gasteiger partial charge is 0.338 e. The Labute approximate surface area is 135 Å². The molecule has 3 rings (SSSR count). The zero-order valence-corrected chi connectivity index (χ0v) is 12.4. The molecule has 5 nitrogen and oxygen atoms in total. The second-order valence-electron chi connectivity index (χ2n) is 4.52. The van der Waals surface area contributed by atoms with Crippen molar-refractivity contribution in [1.29, 1.82) is 0 Å². The fourth-order valence-electron chi connectivity index (χ4n) is 1.83. The molecule has 0 amide bonds. The van der Waals surface area contributed by atoms with Crippen molar-refractivity contribution in [2.45, 2.75) is 0 Å². The minimum absolute atomic E-state index is 0.0445. The van der Waals surface area contributed by atoms with Crippen LogP contribution in [-0.2, 0) is 0 Å². The first-order chi connectivity index (χ1) is 11.1. The molecule has 0 radical (unpaired) electrons. The summed E-state index contributed by atoms with van der Waals surface area (Å²) in [5.41, 5.74) is 0.691. The van der Waals surface area contributed by atoms with Gasteiger partial charge < -0.3 is 10.6 Å². The molecule has 2 N–H and O–H groups in total. The second-order valence-corrected chi connectivity index (χ2v) is 4.93. The van der Waals surface area contributed by atoms with E-state index in [1.54, 1.807) is 18.2 Å². The van der Waals surface area contributed by atoms with Gasteiger partial charge in [0.25, 0.3) is 0 Å². The molecule has 0 aliphatic heterocycles. The molecular formula is C15H10ClF2N5. The number of halogens is 3. The molecular weight excluding hydrogens is 324 g/mol. The summed E-state index contributed by atoms with van der Waals surface area (Å²) in [5, 5.41) is 13.7. The highest BCUT2D eigenvalue weighted by atomic mass is 35.5. The Balaban J connectivity index is 1.81. The van der Waals surface area contributed by atoms with E-state index >= 15 is 0 Å². The van der Waals surface area contributed by atoms with Crippen molar-refractivity contribution in [2.75, 3.05) is 10.6 Å². The molecule has 0 saturated carbocycles. The maximum absolute atomic E-state index is 13.6. The van der Waals surface area contributed by atoms with Crippen LogP contribution in [0.3, 0.4) is 0 Å². The molecule has 0 spiro atoms. The molecule has 3 aromatic rings. The van der Waals surface area contributed by atoms with Crippen molar-refractivity contribution in [3.05, 3.63) is 65.3 Å². The summed E-state index contributed by atoms with van der Waals surface area (Å²) in [6, 6.07) is 10.3. The van der Waals surface area contributed by atoms with Gasteiger partial charge in [-0.05, 0) is 24.3 Å². The average molecular weight is 334 g/mol. The third-order valence-corrected chi connectivity index (χ3v) is 3.20. The molecule has 0 unspecified atom stereocenters. The van der Waals surface area contributed by atoms with Crippen molar-refractivity contribution in [1.82, 2.24) is 15.2 Å². The minimum atomic E-state index is -0.752. The highest BCUT2D eigenvalue weighted by Gasteiger charge is 2.07. The zero-order valence-electron chi connectivity index (χ0n) is 11.6. The molecule has 0 bridgehead atoms. The third-order valence-electron chi connectivity index (χ3n) is 2.87. The van der Waals surface area contributed by atoms with Gasteiger partial charge in [0, 0.05) is 6.07 Å². The highest BCUT2D eigenvalue weighted by molar-refractivity contribution is 6.33. The number of hydrogen-bond donors (Lipinski definition) is 2. The molecule has 0 atom stereocenters. The number of nitrogens with one attached hydrogen (secondary N) is 2. The Morgan fingerprint density at radius 3 is 2.57 bits per heavy atom. The molecule has 0 aliphatic rings. The Morgan fingerprint density at radius 2 is 1.78 bits per heavy atom. The molecule has 0 aliphatic carbocycles. The lowest BCUT2D eigenvalue weighted by atomic mass is 10.3. The van der Waals surface area contributed by atoms with Crippen molar-refractivity contribution < 1.29 is 8.78 Å². The Hall–Kier alpha value is -2.80. The number of aromatic nitrogens is 3. The number of nitrogens with zero attached hydrogens (tertiary/aromatic N) is 3. The number of rotatable bonds is 4. The van der Waals surface area contributed by atoms with Gasteiger partial charge in [-0.3, -0.25) is 0 Å². The molecule has 2 aromatic carbocycles. The van der Waals surface area contributed by atoms with Gasteiger partial charge >= 0.3 is 0 Å². The number of benzene rings is 2. The van der Waals surface area contributed by atoms with Crippen LogP contribution < -0.4 is 10.6 Å². The molecule has 116 valence electrons. The fraction of sp³-hybridized carbons (Fsp3) is 0. The van der Waals surface area contributed by atoms with E-state index in [0.717, 1.165) is 12.1 Å². The predicted octanol–water partition coefficient (Wildman–Crippen LogP) is 4.29. The van der Waals surface area contributed by atoms with E-state index in [0.29, 0.717) is 16.5 Å². The molecule has 8 heteroatoms. The quantitative estimate of drug-likeness (QED) is 0.745. The molecule has 0 fully saturated rings. The summed E-state index contributed by atoms with van der Waals surface area (Å²) < 4.78 is 26.5. The van der Waals surface area contributed by atoms with Crippen LogP contribution in [0.25, 0.3) is 0 Å². The van der Waals surface area contributed by atoms with Crippen LogP contribution in [0.1, 0.15) is 0 Å². The lowest BCUT2D eigenvalue weighted by Crippen LogP contribution is -2.03.